The molecular formula is C17H29BN8O6S. The summed E-state index contributed by atoms with van der Waals surface area (Å²) in [5.41, 5.74) is 1.65. The molecule has 2 atom stereocenters. The van der Waals surface area contributed by atoms with Gasteiger partial charge in [0.05, 0.1) is 11.7 Å². The lowest BCUT2D eigenvalue weighted by Crippen LogP contribution is -2.54. The van der Waals surface area contributed by atoms with Crippen LogP contribution in [-0.2, 0) is 9.59 Å². The zero-order valence-corrected chi connectivity index (χ0v) is 19.2. The predicted molar refractivity (Wildman–Crippen MR) is 121 cm³/mol. The lowest BCUT2D eigenvalue weighted by molar-refractivity contribution is -0.525. The van der Waals surface area contributed by atoms with Gasteiger partial charge >= 0.3 is 7.12 Å². The summed E-state index contributed by atoms with van der Waals surface area (Å²) in [4.78, 5) is 43.5. The second-order valence-corrected chi connectivity index (χ2v) is 8.35. The molecule has 16 heteroatoms. The summed E-state index contributed by atoms with van der Waals surface area (Å²) in [6.45, 7) is 3.86. The molecule has 0 aliphatic carbocycles. The van der Waals surface area contributed by atoms with Gasteiger partial charge in [-0.05, 0) is 31.2 Å². The van der Waals surface area contributed by atoms with E-state index in [4.69, 9.17) is 5.41 Å². The van der Waals surface area contributed by atoms with E-state index in [-0.39, 0.29) is 31.1 Å². The quantitative estimate of drug-likeness (QED) is 0.0240. The minimum absolute atomic E-state index is 0.0402. The largest absolute Gasteiger partial charge is 0.475 e. The molecule has 2 amide bonds. The van der Waals surface area contributed by atoms with Gasteiger partial charge in [0.2, 0.25) is 11.8 Å². The second kappa shape index (κ2) is 15.0. The van der Waals surface area contributed by atoms with E-state index in [1.54, 1.807) is 11.5 Å². The van der Waals surface area contributed by atoms with Crippen LogP contribution in [0.1, 0.15) is 33.1 Å². The van der Waals surface area contributed by atoms with Gasteiger partial charge in [0.25, 0.3) is 5.96 Å². The number of rotatable bonds is 14. The third-order valence-electron chi connectivity index (χ3n) is 4.11. The van der Waals surface area contributed by atoms with Crippen molar-refractivity contribution in [1.29, 1.82) is 5.41 Å². The van der Waals surface area contributed by atoms with Crippen molar-refractivity contribution >= 4 is 36.7 Å². The van der Waals surface area contributed by atoms with Crippen molar-refractivity contribution in [1.82, 2.24) is 31.3 Å². The molecular weight excluding hydrogens is 455 g/mol. The Morgan fingerprint density at radius 2 is 1.94 bits per heavy atom. The number of hydrazine groups is 1. The van der Waals surface area contributed by atoms with Crippen LogP contribution >= 0.6 is 11.8 Å². The van der Waals surface area contributed by atoms with Crippen LogP contribution in [0.5, 0.6) is 0 Å². The summed E-state index contributed by atoms with van der Waals surface area (Å²) in [5, 5.41) is 44.0. The van der Waals surface area contributed by atoms with Crippen LogP contribution < -0.4 is 21.4 Å². The zero-order chi connectivity index (χ0) is 24.8. The molecule has 0 saturated heterocycles. The molecule has 1 aromatic rings. The maximum atomic E-state index is 12.8. The predicted octanol–water partition coefficient (Wildman–Crippen LogP) is -1.32. The smallest absolute Gasteiger partial charge is 0.426 e. The summed E-state index contributed by atoms with van der Waals surface area (Å²) in [6.07, 6.45) is 3.81. The molecule has 14 nitrogen and oxygen atoms in total. The van der Waals surface area contributed by atoms with Gasteiger partial charge < -0.3 is 26.0 Å². The molecule has 0 aliphatic rings. The summed E-state index contributed by atoms with van der Waals surface area (Å²) in [7, 11) is -1.77. The van der Waals surface area contributed by atoms with Crippen LogP contribution in [0, 0.1) is 21.4 Å². The van der Waals surface area contributed by atoms with Crippen molar-refractivity contribution in [3.8, 4) is 0 Å². The Hall–Kier alpha value is -2.98. The SMILES string of the molecule is CC(C)C[C@H](NC(=O)[C@H](CCCNC(=N)N[N+](=O)[O-])NC(=O)CSc1ncccn1)B(O)O. The van der Waals surface area contributed by atoms with Gasteiger partial charge in [0.15, 0.2) is 10.2 Å². The highest BCUT2D eigenvalue weighted by Crippen LogP contribution is 2.11. The maximum Gasteiger partial charge on any atom is 0.475 e. The van der Waals surface area contributed by atoms with Gasteiger partial charge in [-0.25, -0.2) is 20.1 Å². The highest BCUT2D eigenvalue weighted by atomic mass is 32.2. The van der Waals surface area contributed by atoms with Gasteiger partial charge in [-0.1, -0.05) is 31.0 Å². The van der Waals surface area contributed by atoms with Crippen LogP contribution in [0.4, 0.5) is 0 Å². The van der Waals surface area contributed by atoms with Gasteiger partial charge in [0.1, 0.15) is 6.04 Å². The Bertz CT molecular complexity index is 788. The van der Waals surface area contributed by atoms with E-state index in [9.17, 15) is 29.8 Å². The summed E-state index contributed by atoms with van der Waals surface area (Å²) >= 11 is 1.09. The highest BCUT2D eigenvalue weighted by Gasteiger charge is 2.29. The molecule has 1 aromatic heterocycles. The Morgan fingerprint density at radius 1 is 1.27 bits per heavy atom. The van der Waals surface area contributed by atoms with Gasteiger partial charge in [0, 0.05) is 18.9 Å². The van der Waals surface area contributed by atoms with Crippen molar-refractivity contribution < 1.29 is 24.7 Å². The Kier molecular flexibility index (Phi) is 12.7. The molecule has 0 unspecified atom stereocenters. The van der Waals surface area contributed by atoms with Gasteiger partial charge in [-0.2, -0.15) is 0 Å². The van der Waals surface area contributed by atoms with E-state index in [1.165, 1.54) is 12.4 Å². The van der Waals surface area contributed by atoms with Crippen LogP contribution in [0.3, 0.4) is 0 Å². The Morgan fingerprint density at radius 3 is 2.52 bits per heavy atom. The van der Waals surface area contributed by atoms with E-state index in [2.05, 4.69) is 25.9 Å². The molecule has 7 N–H and O–H groups in total. The number of carbonyl (C=O) groups is 2. The summed E-state index contributed by atoms with van der Waals surface area (Å²) < 4.78 is 0. The van der Waals surface area contributed by atoms with E-state index in [0.717, 1.165) is 11.8 Å². The molecule has 182 valence electrons. The molecule has 0 bridgehead atoms. The third kappa shape index (κ3) is 12.6. The second-order valence-electron chi connectivity index (χ2n) is 7.41. The van der Waals surface area contributed by atoms with Gasteiger partial charge in [-0.3, -0.25) is 15.0 Å². The number of hydrogen-bond donors (Lipinski definition) is 7. The van der Waals surface area contributed by atoms with E-state index >= 15 is 0 Å². The summed E-state index contributed by atoms with van der Waals surface area (Å²) in [5.74, 6) is -2.43. The molecule has 0 saturated carbocycles. The fraction of sp³-hybridized carbons (Fsp3) is 0.588. The maximum absolute atomic E-state index is 12.8. The van der Waals surface area contributed by atoms with Crippen molar-refractivity contribution in [2.45, 2.75) is 50.2 Å². The fourth-order valence-electron chi connectivity index (χ4n) is 2.69. The highest BCUT2D eigenvalue weighted by molar-refractivity contribution is 7.99. The van der Waals surface area contributed by atoms with Crippen molar-refractivity contribution in [3.05, 3.63) is 28.6 Å². The first-order valence-electron chi connectivity index (χ1n) is 10.2. The lowest BCUT2D eigenvalue weighted by atomic mass is 9.75. The number of nitrogens with zero attached hydrogens (tertiary/aromatic N) is 3. The van der Waals surface area contributed by atoms with Crippen molar-refractivity contribution in [3.63, 3.8) is 0 Å². The minimum atomic E-state index is -1.77. The standard InChI is InChI=1S/C17H29BN8O6S/c1-11(2)9-13(18(29)30)24-15(28)12(5-3-6-20-16(19)25-26(31)32)23-14(27)10-33-17-21-7-4-8-22-17/h4,7-8,11-13,29-30H,3,5-6,9-10H2,1-2H3,(H,23,27)(H,24,28)(H3,19,20,25)/t12-,13-/m0/s1. The number of thioether (sulfide) groups is 1. The Balaban J connectivity index is 2.70. The average Bonchev–Trinajstić information content (AvgIpc) is 2.73. The third-order valence-corrected chi connectivity index (χ3v) is 4.99. The molecule has 0 aromatic carbocycles. The minimum Gasteiger partial charge on any atom is -0.426 e. The molecule has 1 heterocycles. The zero-order valence-electron chi connectivity index (χ0n) is 18.4. The number of hydrogen-bond acceptors (Lipinski definition) is 10. The number of nitro groups is 1. The van der Waals surface area contributed by atoms with Crippen LogP contribution in [0.25, 0.3) is 0 Å². The number of nitrogens with one attached hydrogen (secondary N) is 5. The molecule has 0 fully saturated rings. The normalized spacial score (nSPS) is 12.4. The molecule has 0 radical (unpaired) electrons. The lowest BCUT2D eigenvalue weighted by Gasteiger charge is -2.24. The molecule has 33 heavy (non-hydrogen) atoms. The molecule has 1 rings (SSSR count). The van der Waals surface area contributed by atoms with E-state index in [0.29, 0.717) is 11.6 Å². The first kappa shape index (κ1) is 28.1. The van der Waals surface area contributed by atoms with E-state index in [1.807, 2.05) is 13.8 Å². The summed E-state index contributed by atoms with van der Waals surface area (Å²) in [6, 6.07) is 0.644. The van der Waals surface area contributed by atoms with Gasteiger partial charge in [-0.15, -0.1) is 0 Å². The topological polar surface area (TPSA) is 215 Å². The Labute approximate surface area is 195 Å². The molecule has 0 aliphatic heterocycles. The van der Waals surface area contributed by atoms with Crippen LogP contribution in [0.2, 0.25) is 0 Å². The number of carbonyl (C=O) groups excluding carboxylic acids is 2. The first-order chi connectivity index (χ1) is 15.6. The number of aromatic nitrogens is 2. The molecule has 0 spiro atoms. The fourth-order valence-corrected chi connectivity index (χ4v) is 3.31. The average molecular weight is 484 g/mol. The van der Waals surface area contributed by atoms with E-state index < -0.39 is 41.9 Å². The monoisotopic (exact) mass is 484 g/mol. The first-order valence-corrected chi connectivity index (χ1v) is 11.2. The number of amides is 2. The number of guanidine groups is 1. The van der Waals surface area contributed by atoms with Crippen molar-refractivity contribution in [2.24, 2.45) is 5.92 Å². The van der Waals surface area contributed by atoms with Crippen molar-refractivity contribution in [2.75, 3.05) is 12.3 Å². The van der Waals surface area contributed by atoms with Crippen LogP contribution in [-0.4, -0.2) is 74.2 Å². The van der Waals surface area contributed by atoms with Crippen LogP contribution in [0.15, 0.2) is 23.6 Å².